The van der Waals surface area contributed by atoms with Crippen LogP contribution >= 0.6 is 0 Å². The molecule has 0 aromatic carbocycles. The highest BCUT2D eigenvalue weighted by molar-refractivity contribution is 5.87. The second-order valence-corrected chi connectivity index (χ2v) is 3.59. The molecule has 62 valence electrons. The molecule has 0 radical (unpaired) electrons. The largest absolute Gasteiger partial charge is 0.358 e. The van der Waals surface area contributed by atoms with Crippen LogP contribution in [-0.4, -0.2) is 17.5 Å². The van der Waals surface area contributed by atoms with Crippen LogP contribution in [0.15, 0.2) is 0 Å². The summed E-state index contributed by atoms with van der Waals surface area (Å²) in [5.41, 5.74) is -0.00637. The zero-order chi connectivity index (χ0) is 7.90. The number of hydrogen-bond donors (Lipinski definition) is 0. The Hall–Kier alpha value is -0.370. The van der Waals surface area contributed by atoms with E-state index in [4.69, 9.17) is 4.74 Å². The Balaban J connectivity index is 2.11. The summed E-state index contributed by atoms with van der Waals surface area (Å²) in [5, 5.41) is 0. The van der Waals surface area contributed by atoms with Gasteiger partial charge in [-0.25, -0.2) is 0 Å². The summed E-state index contributed by atoms with van der Waals surface area (Å²) < 4.78 is 5.46. The minimum Gasteiger partial charge on any atom is -0.358 e. The fraction of sp³-hybridized carbons (Fsp3) is 0.889. The first-order valence-corrected chi connectivity index (χ1v) is 4.49. The second-order valence-electron chi connectivity index (χ2n) is 3.59. The molecular weight excluding hydrogens is 140 g/mol. The third-order valence-corrected chi connectivity index (χ3v) is 2.94. The summed E-state index contributed by atoms with van der Waals surface area (Å²) in [6, 6.07) is 0. The Morgan fingerprint density at radius 3 is 3.18 bits per heavy atom. The van der Waals surface area contributed by atoms with E-state index in [9.17, 15) is 4.79 Å². The van der Waals surface area contributed by atoms with Crippen LogP contribution in [0.1, 0.15) is 39.0 Å². The fourth-order valence-electron chi connectivity index (χ4n) is 2.05. The van der Waals surface area contributed by atoms with Crippen LogP contribution in [0.5, 0.6) is 0 Å². The number of hydrogen-bond acceptors (Lipinski definition) is 2. The average molecular weight is 154 g/mol. The van der Waals surface area contributed by atoms with E-state index in [0.29, 0.717) is 5.78 Å². The summed E-state index contributed by atoms with van der Waals surface area (Å²) in [5.74, 6) is 0.337. The molecule has 1 saturated carbocycles. The van der Waals surface area contributed by atoms with E-state index in [0.717, 1.165) is 32.1 Å². The Bertz CT molecular complexity index is 188. The average Bonchev–Trinajstić information content (AvgIpc) is 2.72. The predicted octanol–water partition coefficient (Wildman–Crippen LogP) is 1.68. The van der Waals surface area contributed by atoms with Gasteiger partial charge in [0.2, 0.25) is 0 Å². The monoisotopic (exact) mass is 154 g/mol. The topological polar surface area (TPSA) is 29.6 Å². The number of carbonyl (C=O) groups is 1. The maximum absolute atomic E-state index is 11.3. The van der Waals surface area contributed by atoms with Crippen LogP contribution in [0.3, 0.4) is 0 Å². The van der Waals surface area contributed by atoms with Crippen molar-refractivity contribution in [3.05, 3.63) is 0 Å². The molecular formula is C9H14O2. The molecule has 1 aliphatic carbocycles. The first kappa shape index (κ1) is 7.29. The predicted molar refractivity (Wildman–Crippen MR) is 41.4 cm³/mol. The SMILES string of the molecule is CC[C@]12CCCCC(=O)C1O2. The number of rotatable bonds is 1. The van der Waals surface area contributed by atoms with Gasteiger partial charge >= 0.3 is 0 Å². The van der Waals surface area contributed by atoms with Crippen LogP contribution < -0.4 is 0 Å². The molecule has 0 bridgehead atoms. The molecule has 2 nitrogen and oxygen atoms in total. The standard InChI is InChI=1S/C9H14O2/c1-2-9-6-4-3-5-7(10)8(9)11-9/h8H,2-6H2,1H3/t8?,9-/m0/s1. The molecule has 1 unspecified atom stereocenters. The molecule has 2 aliphatic rings. The van der Waals surface area contributed by atoms with E-state index >= 15 is 0 Å². The molecule has 0 aromatic heterocycles. The Labute approximate surface area is 66.9 Å². The van der Waals surface area contributed by atoms with Crippen molar-refractivity contribution in [3.63, 3.8) is 0 Å². The molecule has 0 N–H and O–H groups in total. The van der Waals surface area contributed by atoms with Crippen molar-refractivity contribution >= 4 is 5.78 Å². The molecule has 2 heteroatoms. The van der Waals surface area contributed by atoms with Gasteiger partial charge in [0.1, 0.15) is 11.7 Å². The molecule has 0 amide bonds. The van der Waals surface area contributed by atoms with Crippen molar-refractivity contribution < 1.29 is 9.53 Å². The molecule has 1 saturated heterocycles. The van der Waals surface area contributed by atoms with E-state index in [1.807, 2.05) is 0 Å². The molecule has 2 rings (SSSR count). The van der Waals surface area contributed by atoms with Gasteiger partial charge in [-0.05, 0) is 19.3 Å². The van der Waals surface area contributed by atoms with Gasteiger partial charge in [0.05, 0.1) is 0 Å². The second kappa shape index (κ2) is 2.31. The summed E-state index contributed by atoms with van der Waals surface area (Å²) in [6.45, 7) is 2.11. The van der Waals surface area contributed by atoms with Gasteiger partial charge in [-0.1, -0.05) is 13.3 Å². The smallest absolute Gasteiger partial charge is 0.164 e. The van der Waals surface area contributed by atoms with Crippen LogP contribution in [0.2, 0.25) is 0 Å². The highest BCUT2D eigenvalue weighted by atomic mass is 16.6. The van der Waals surface area contributed by atoms with Crippen LogP contribution in [0.4, 0.5) is 0 Å². The number of fused-ring (bicyclic) bond motifs is 1. The van der Waals surface area contributed by atoms with E-state index in [2.05, 4.69) is 6.92 Å². The van der Waals surface area contributed by atoms with Crippen LogP contribution in [0, 0.1) is 0 Å². The van der Waals surface area contributed by atoms with Gasteiger partial charge in [0.25, 0.3) is 0 Å². The lowest BCUT2D eigenvalue weighted by atomic mass is 9.97. The Morgan fingerprint density at radius 2 is 2.45 bits per heavy atom. The van der Waals surface area contributed by atoms with Gasteiger partial charge in [-0.3, -0.25) is 4.79 Å². The summed E-state index contributed by atoms with van der Waals surface area (Å²) in [7, 11) is 0. The molecule has 0 aromatic rings. The molecule has 2 atom stereocenters. The Kier molecular flexibility index (Phi) is 1.53. The summed E-state index contributed by atoms with van der Waals surface area (Å²) in [6.07, 6.45) is 5.06. The normalized spacial score (nSPS) is 43.0. The van der Waals surface area contributed by atoms with Crippen molar-refractivity contribution in [1.29, 1.82) is 0 Å². The van der Waals surface area contributed by atoms with Gasteiger partial charge in [-0.15, -0.1) is 0 Å². The summed E-state index contributed by atoms with van der Waals surface area (Å²) >= 11 is 0. The highest BCUT2D eigenvalue weighted by Gasteiger charge is 2.58. The summed E-state index contributed by atoms with van der Waals surface area (Å²) in [4.78, 5) is 11.3. The first-order chi connectivity index (χ1) is 5.28. The molecule has 1 aliphatic heterocycles. The van der Waals surface area contributed by atoms with Gasteiger partial charge in [0.15, 0.2) is 5.78 Å². The third-order valence-electron chi connectivity index (χ3n) is 2.94. The van der Waals surface area contributed by atoms with Crippen molar-refractivity contribution in [2.45, 2.75) is 50.7 Å². The number of ether oxygens (including phenoxy) is 1. The maximum Gasteiger partial charge on any atom is 0.164 e. The van der Waals surface area contributed by atoms with E-state index in [1.165, 1.54) is 0 Å². The number of Topliss-reactive ketones (excluding diaryl/α,β-unsaturated/α-hetero) is 1. The van der Waals surface area contributed by atoms with Crippen molar-refractivity contribution in [1.82, 2.24) is 0 Å². The van der Waals surface area contributed by atoms with E-state index in [-0.39, 0.29) is 11.7 Å². The number of ketones is 1. The maximum atomic E-state index is 11.3. The lowest BCUT2D eigenvalue weighted by Crippen LogP contribution is -2.17. The van der Waals surface area contributed by atoms with Crippen LogP contribution in [-0.2, 0) is 9.53 Å². The molecule has 1 heterocycles. The Morgan fingerprint density at radius 1 is 1.64 bits per heavy atom. The minimum atomic E-state index is -0.0185. The first-order valence-electron chi connectivity index (χ1n) is 4.49. The van der Waals surface area contributed by atoms with Crippen molar-refractivity contribution in [2.24, 2.45) is 0 Å². The van der Waals surface area contributed by atoms with E-state index < -0.39 is 0 Å². The molecule has 11 heavy (non-hydrogen) atoms. The minimum absolute atomic E-state index is 0.00637. The molecule has 0 spiro atoms. The lowest BCUT2D eigenvalue weighted by Gasteiger charge is -2.04. The highest BCUT2D eigenvalue weighted by Crippen LogP contribution is 2.46. The van der Waals surface area contributed by atoms with Gasteiger partial charge in [-0.2, -0.15) is 0 Å². The van der Waals surface area contributed by atoms with Crippen molar-refractivity contribution in [3.8, 4) is 0 Å². The lowest BCUT2D eigenvalue weighted by molar-refractivity contribution is -0.120. The fourth-order valence-corrected chi connectivity index (χ4v) is 2.05. The number of epoxide rings is 1. The van der Waals surface area contributed by atoms with Crippen molar-refractivity contribution in [2.75, 3.05) is 0 Å². The van der Waals surface area contributed by atoms with Gasteiger partial charge < -0.3 is 4.74 Å². The quantitative estimate of drug-likeness (QED) is 0.538. The zero-order valence-corrected chi connectivity index (χ0v) is 6.93. The number of carbonyl (C=O) groups excluding carboxylic acids is 1. The zero-order valence-electron chi connectivity index (χ0n) is 6.93. The third kappa shape index (κ3) is 1.00. The van der Waals surface area contributed by atoms with E-state index in [1.54, 1.807) is 0 Å². The van der Waals surface area contributed by atoms with Crippen LogP contribution in [0.25, 0.3) is 0 Å². The molecule has 2 fully saturated rings. The van der Waals surface area contributed by atoms with Gasteiger partial charge in [0, 0.05) is 6.42 Å².